The first-order valence-electron chi connectivity index (χ1n) is 21.7. The molecule has 0 radical (unpaired) electrons. The fourth-order valence-corrected chi connectivity index (χ4v) is 9.11. The molecule has 2 saturated carbocycles. The maximum Gasteiger partial charge on any atom is 0.224 e. The van der Waals surface area contributed by atoms with Crippen LogP contribution in [0.5, 0.6) is 0 Å². The summed E-state index contributed by atoms with van der Waals surface area (Å²) in [6, 6.07) is 2.69. The van der Waals surface area contributed by atoms with Crippen LogP contribution in [0.25, 0.3) is 0 Å². The van der Waals surface area contributed by atoms with E-state index in [2.05, 4.69) is 30.6 Å². The summed E-state index contributed by atoms with van der Waals surface area (Å²) in [4.78, 5) is 30.5. The van der Waals surface area contributed by atoms with Gasteiger partial charge in [-0.3, -0.25) is 0 Å². The molecular formula is C46H56F6N10O4. The number of aliphatic hydroxyl groups is 2. The standard InChI is InChI=1S/2C22H24F3N5O2.2CH4/c2*23-13-8-17(24)20(18(25)9-13)28-19-7-12-10-26-22(27-14-1-3-16(31)4-2-14)29-21(12)30(19)15-5-6-32-11-15;;/h2*8-10,14-16,31H,1-7,11H2,(H,26,27,29);2*1H4/t2*14?,15-,16?;;/m00../s1. The van der Waals surface area contributed by atoms with Crippen LogP contribution < -0.4 is 20.4 Å². The van der Waals surface area contributed by atoms with Gasteiger partial charge in [-0.2, -0.15) is 9.97 Å². The third kappa shape index (κ3) is 10.7. The SMILES string of the molecule is C.C.OC1CCC(Nc2ncc3c(n2)N([C@H]2CCOC2)C(=Nc2c(F)cc(F)cc2F)C3)CC1.OC1CCC(Nc2ncc3c(n2)N([C@H]2CCOC2)C(=Nc2c(F)cc(F)cc2F)C3)CC1. The van der Waals surface area contributed by atoms with E-state index >= 15 is 0 Å². The van der Waals surface area contributed by atoms with Crippen LogP contribution in [0, 0.1) is 34.9 Å². The Balaban J connectivity index is 0.000000191. The maximum atomic E-state index is 14.3. The second-order valence-corrected chi connectivity index (χ2v) is 17.0. The first kappa shape index (κ1) is 48.5. The van der Waals surface area contributed by atoms with Gasteiger partial charge in [-0.05, 0) is 64.2 Å². The summed E-state index contributed by atoms with van der Waals surface area (Å²) in [7, 11) is 0. The zero-order valence-corrected chi connectivity index (χ0v) is 34.8. The minimum Gasteiger partial charge on any atom is -0.393 e. The molecular weight excluding hydrogens is 871 g/mol. The molecule has 356 valence electrons. The average molecular weight is 927 g/mol. The Hall–Kier alpha value is -5.44. The molecule has 10 rings (SSSR count). The zero-order valence-electron chi connectivity index (χ0n) is 34.8. The number of aliphatic hydroxyl groups excluding tert-OH is 2. The van der Waals surface area contributed by atoms with Gasteiger partial charge in [-0.1, -0.05) is 14.9 Å². The smallest absolute Gasteiger partial charge is 0.224 e. The van der Waals surface area contributed by atoms with Crippen molar-refractivity contribution in [1.82, 2.24) is 19.9 Å². The molecule has 0 amide bonds. The molecule has 14 nitrogen and oxygen atoms in total. The van der Waals surface area contributed by atoms with Gasteiger partial charge in [0.2, 0.25) is 11.9 Å². The predicted octanol–water partition coefficient (Wildman–Crippen LogP) is 8.25. The van der Waals surface area contributed by atoms with Crippen molar-refractivity contribution in [3.05, 3.63) is 82.7 Å². The van der Waals surface area contributed by atoms with E-state index in [0.29, 0.717) is 98.7 Å². The molecule has 0 spiro atoms. The topological polar surface area (TPSA) is 166 Å². The minimum atomic E-state index is -1.05. The fraction of sp³-hybridized carbons (Fsp3) is 0.522. The summed E-state index contributed by atoms with van der Waals surface area (Å²) in [6.07, 6.45) is 11.2. The van der Waals surface area contributed by atoms with Crippen LogP contribution in [0.2, 0.25) is 0 Å². The summed E-state index contributed by atoms with van der Waals surface area (Å²) in [6.45, 7) is 2.04. The van der Waals surface area contributed by atoms with Gasteiger partial charge in [-0.25, -0.2) is 46.3 Å². The Morgan fingerprint density at radius 3 is 1.24 bits per heavy atom. The van der Waals surface area contributed by atoms with E-state index in [9.17, 15) is 36.6 Å². The van der Waals surface area contributed by atoms with Crippen molar-refractivity contribution >= 4 is 46.6 Å². The van der Waals surface area contributed by atoms with E-state index in [0.717, 1.165) is 75.3 Å². The highest BCUT2D eigenvalue weighted by Crippen LogP contribution is 2.37. The van der Waals surface area contributed by atoms with Gasteiger partial charge in [0.1, 0.15) is 46.3 Å². The normalized spacial score (nSPS) is 25.8. The molecule has 66 heavy (non-hydrogen) atoms. The Labute approximate surface area is 379 Å². The van der Waals surface area contributed by atoms with E-state index in [1.165, 1.54) is 0 Å². The second kappa shape index (κ2) is 21.0. The molecule has 4 aliphatic heterocycles. The number of nitrogens with zero attached hydrogens (tertiary/aromatic N) is 8. The summed E-state index contributed by atoms with van der Waals surface area (Å²) in [5, 5.41) is 26.1. The van der Waals surface area contributed by atoms with Crippen molar-refractivity contribution in [3.8, 4) is 0 Å². The van der Waals surface area contributed by atoms with Crippen LogP contribution in [0.1, 0.15) is 90.2 Å². The quantitative estimate of drug-likeness (QED) is 0.125. The van der Waals surface area contributed by atoms with Gasteiger partial charge in [0, 0.05) is 85.9 Å². The fourth-order valence-electron chi connectivity index (χ4n) is 9.11. The van der Waals surface area contributed by atoms with E-state index in [1.807, 2.05) is 9.80 Å². The number of rotatable bonds is 8. The van der Waals surface area contributed by atoms with E-state index in [1.54, 1.807) is 12.4 Å². The molecule has 4 aromatic rings. The lowest BCUT2D eigenvalue weighted by atomic mass is 9.93. The van der Waals surface area contributed by atoms with Gasteiger partial charge in [-0.15, -0.1) is 0 Å². The van der Waals surface area contributed by atoms with Gasteiger partial charge in [0.25, 0.3) is 0 Å². The molecule has 20 heteroatoms. The van der Waals surface area contributed by atoms with Crippen LogP contribution in [-0.4, -0.2) is 105 Å². The highest BCUT2D eigenvalue weighted by Gasteiger charge is 2.38. The van der Waals surface area contributed by atoms with Crippen LogP contribution in [0.15, 0.2) is 46.6 Å². The molecule has 2 aromatic carbocycles. The largest absolute Gasteiger partial charge is 0.393 e. The lowest BCUT2D eigenvalue weighted by molar-refractivity contribution is 0.125. The van der Waals surface area contributed by atoms with Crippen LogP contribution >= 0.6 is 0 Å². The number of fused-ring (bicyclic) bond motifs is 2. The second-order valence-electron chi connectivity index (χ2n) is 17.0. The number of ether oxygens (including phenoxy) is 2. The van der Waals surface area contributed by atoms with Crippen LogP contribution in [0.3, 0.4) is 0 Å². The van der Waals surface area contributed by atoms with Gasteiger partial charge >= 0.3 is 0 Å². The molecule has 4 fully saturated rings. The third-order valence-corrected chi connectivity index (χ3v) is 12.4. The number of nitrogens with one attached hydrogen (secondary N) is 2. The first-order valence-corrected chi connectivity index (χ1v) is 21.7. The van der Waals surface area contributed by atoms with Crippen LogP contribution in [-0.2, 0) is 22.3 Å². The molecule has 2 atom stereocenters. The number of hydrogen-bond donors (Lipinski definition) is 4. The number of amidine groups is 2. The molecule has 2 aromatic heterocycles. The number of anilines is 4. The minimum absolute atomic E-state index is 0. The Morgan fingerprint density at radius 1 is 0.545 bits per heavy atom. The number of benzene rings is 2. The molecule has 2 saturated heterocycles. The van der Waals surface area contributed by atoms with Gasteiger partial charge in [0.15, 0.2) is 23.3 Å². The first-order chi connectivity index (χ1) is 30.9. The lowest BCUT2D eigenvalue weighted by Crippen LogP contribution is -2.39. The molecule has 0 unspecified atom stereocenters. The average Bonchev–Trinajstić information content (AvgIpc) is 4.09. The highest BCUT2D eigenvalue weighted by atomic mass is 19.2. The molecule has 6 heterocycles. The molecule has 0 bridgehead atoms. The van der Waals surface area contributed by atoms with Gasteiger partial charge < -0.3 is 40.1 Å². The number of aromatic nitrogens is 4. The van der Waals surface area contributed by atoms with Crippen molar-refractivity contribution < 1.29 is 46.0 Å². The summed E-state index contributed by atoms with van der Waals surface area (Å²) in [5.41, 5.74) is 0.543. The number of aliphatic imine (C=N–C) groups is 2. The van der Waals surface area contributed by atoms with Crippen molar-refractivity contribution in [2.24, 2.45) is 9.98 Å². The molecule has 2 aliphatic carbocycles. The Kier molecular flexibility index (Phi) is 15.4. The summed E-state index contributed by atoms with van der Waals surface area (Å²) >= 11 is 0. The highest BCUT2D eigenvalue weighted by molar-refractivity contribution is 6.06. The van der Waals surface area contributed by atoms with E-state index in [-0.39, 0.29) is 51.2 Å². The predicted molar refractivity (Wildman–Crippen MR) is 239 cm³/mol. The van der Waals surface area contributed by atoms with Gasteiger partial charge in [0.05, 0.1) is 37.5 Å². The Bertz CT molecular complexity index is 2190. The monoisotopic (exact) mass is 926 g/mol. The van der Waals surface area contributed by atoms with Crippen molar-refractivity contribution in [2.45, 2.75) is 128 Å². The zero-order chi connectivity index (χ0) is 44.5. The summed E-state index contributed by atoms with van der Waals surface area (Å²) in [5.74, 6) is -3.15. The lowest BCUT2D eigenvalue weighted by Gasteiger charge is -2.27. The Morgan fingerprint density at radius 2 is 0.909 bits per heavy atom. The van der Waals surface area contributed by atoms with Crippen molar-refractivity contribution in [3.63, 3.8) is 0 Å². The number of halogens is 6. The molecule has 4 N–H and O–H groups in total. The van der Waals surface area contributed by atoms with E-state index in [4.69, 9.17) is 19.4 Å². The summed E-state index contributed by atoms with van der Waals surface area (Å²) < 4.78 is 94.8. The van der Waals surface area contributed by atoms with Crippen LogP contribution in [0.4, 0.5) is 61.2 Å². The number of hydrogen-bond acceptors (Lipinski definition) is 12. The van der Waals surface area contributed by atoms with Crippen molar-refractivity contribution in [1.29, 1.82) is 0 Å². The molecule has 6 aliphatic rings. The van der Waals surface area contributed by atoms with Crippen molar-refractivity contribution in [2.75, 3.05) is 46.9 Å². The maximum absolute atomic E-state index is 14.3. The third-order valence-electron chi connectivity index (χ3n) is 12.4. The van der Waals surface area contributed by atoms with E-state index < -0.39 is 46.3 Å².